The summed E-state index contributed by atoms with van der Waals surface area (Å²) in [5.41, 5.74) is 0. The van der Waals surface area contributed by atoms with Crippen LogP contribution >= 0.6 is 0 Å². The first-order valence-electron chi connectivity index (χ1n) is 4.28. The zero-order chi connectivity index (χ0) is 7.84. The molecule has 1 aliphatic carbocycles. The van der Waals surface area contributed by atoms with Gasteiger partial charge in [-0.2, -0.15) is 0 Å². The Hall–Kier alpha value is -0.730. The number of carbonyl (C=O) groups is 1. The Morgan fingerprint density at radius 1 is 1.64 bits per heavy atom. The van der Waals surface area contributed by atoms with Crippen molar-refractivity contribution in [2.24, 2.45) is 5.92 Å². The lowest BCUT2D eigenvalue weighted by molar-refractivity contribution is 0.126. The van der Waals surface area contributed by atoms with Gasteiger partial charge in [0.1, 0.15) is 6.10 Å². The van der Waals surface area contributed by atoms with Crippen molar-refractivity contribution in [3.05, 3.63) is 0 Å². The van der Waals surface area contributed by atoms with E-state index in [0.717, 1.165) is 6.42 Å². The molecule has 1 amide bonds. The zero-order valence-corrected chi connectivity index (χ0v) is 6.67. The van der Waals surface area contributed by atoms with E-state index in [1.165, 1.54) is 12.8 Å². The average Bonchev–Trinajstić information content (AvgIpc) is 2.75. The maximum absolute atomic E-state index is 10.8. The second kappa shape index (κ2) is 2.40. The van der Waals surface area contributed by atoms with Crippen LogP contribution in [0.2, 0.25) is 0 Å². The van der Waals surface area contributed by atoms with E-state index in [0.29, 0.717) is 12.0 Å². The van der Waals surface area contributed by atoms with Crippen molar-refractivity contribution in [2.45, 2.75) is 38.3 Å². The highest BCUT2D eigenvalue weighted by Crippen LogP contribution is 2.37. The van der Waals surface area contributed by atoms with Gasteiger partial charge in [0.25, 0.3) is 0 Å². The Morgan fingerprint density at radius 2 is 2.36 bits per heavy atom. The van der Waals surface area contributed by atoms with Gasteiger partial charge < -0.3 is 10.1 Å². The number of nitrogens with one attached hydrogen (secondary N) is 1. The smallest absolute Gasteiger partial charge is 0.407 e. The van der Waals surface area contributed by atoms with Crippen LogP contribution in [-0.4, -0.2) is 18.2 Å². The maximum atomic E-state index is 10.8. The van der Waals surface area contributed by atoms with E-state index in [2.05, 4.69) is 12.2 Å². The molecule has 62 valence electrons. The third kappa shape index (κ3) is 1.19. The number of carbonyl (C=O) groups excluding carboxylic acids is 1. The Morgan fingerprint density at radius 3 is 2.91 bits per heavy atom. The van der Waals surface area contributed by atoms with Gasteiger partial charge in [-0.15, -0.1) is 0 Å². The first-order valence-corrected chi connectivity index (χ1v) is 4.28. The van der Waals surface area contributed by atoms with Crippen molar-refractivity contribution < 1.29 is 9.53 Å². The molecule has 0 aromatic rings. The highest BCUT2D eigenvalue weighted by molar-refractivity contribution is 5.70. The highest BCUT2D eigenvalue weighted by atomic mass is 16.6. The molecule has 11 heavy (non-hydrogen) atoms. The molecule has 1 saturated heterocycles. The number of hydrogen-bond acceptors (Lipinski definition) is 2. The summed E-state index contributed by atoms with van der Waals surface area (Å²) in [5.74, 6) is 0.700. The number of rotatable bonds is 2. The number of hydrogen-bond donors (Lipinski definition) is 1. The number of ether oxygens (including phenoxy) is 1. The van der Waals surface area contributed by atoms with E-state index >= 15 is 0 Å². The van der Waals surface area contributed by atoms with Gasteiger partial charge in [-0.3, -0.25) is 0 Å². The van der Waals surface area contributed by atoms with Crippen molar-refractivity contribution in [3.8, 4) is 0 Å². The fourth-order valence-electron chi connectivity index (χ4n) is 1.69. The second-order valence-electron chi connectivity index (χ2n) is 3.36. The normalized spacial score (nSPS) is 36.6. The molecule has 1 aliphatic heterocycles. The third-order valence-electron chi connectivity index (χ3n) is 2.48. The first kappa shape index (κ1) is 6.95. The van der Waals surface area contributed by atoms with Gasteiger partial charge in [0.05, 0.1) is 6.04 Å². The fraction of sp³-hybridized carbons (Fsp3) is 0.875. The maximum Gasteiger partial charge on any atom is 0.407 e. The number of cyclic esters (lactones) is 1. The van der Waals surface area contributed by atoms with Gasteiger partial charge in [-0.25, -0.2) is 4.79 Å². The van der Waals surface area contributed by atoms with Crippen LogP contribution in [0.15, 0.2) is 0 Å². The highest BCUT2D eigenvalue weighted by Gasteiger charge is 2.42. The molecule has 3 heteroatoms. The van der Waals surface area contributed by atoms with Gasteiger partial charge in [-0.05, 0) is 25.2 Å². The molecular formula is C8H13NO2. The second-order valence-corrected chi connectivity index (χ2v) is 3.36. The average molecular weight is 155 g/mol. The molecule has 0 aromatic carbocycles. The summed E-state index contributed by atoms with van der Waals surface area (Å²) in [7, 11) is 0. The van der Waals surface area contributed by atoms with E-state index < -0.39 is 0 Å². The predicted molar refractivity (Wildman–Crippen MR) is 40.2 cm³/mol. The minimum Gasteiger partial charge on any atom is -0.444 e. The number of alkyl carbamates (subject to hydrolysis) is 1. The van der Waals surface area contributed by atoms with Crippen LogP contribution in [0.1, 0.15) is 26.2 Å². The molecule has 2 atom stereocenters. The summed E-state index contributed by atoms with van der Waals surface area (Å²) in [5, 5.41) is 2.86. The first-order chi connectivity index (χ1) is 5.31. The third-order valence-corrected chi connectivity index (χ3v) is 2.48. The van der Waals surface area contributed by atoms with E-state index in [9.17, 15) is 4.79 Å². The van der Waals surface area contributed by atoms with Gasteiger partial charge in [0.15, 0.2) is 0 Å². The monoisotopic (exact) mass is 155 g/mol. The van der Waals surface area contributed by atoms with E-state index in [-0.39, 0.29) is 12.2 Å². The summed E-state index contributed by atoms with van der Waals surface area (Å²) in [6.45, 7) is 2.06. The Kier molecular flexibility index (Phi) is 1.51. The van der Waals surface area contributed by atoms with Crippen molar-refractivity contribution in [2.75, 3.05) is 0 Å². The van der Waals surface area contributed by atoms with Crippen LogP contribution in [0, 0.1) is 5.92 Å². The summed E-state index contributed by atoms with van der Waals surface area (Å²) >= 11 is 0. The van der Waals surface area contributed by atoms with Crippen molar-refractivity contribution >= 4 is 6.09 Å². The summed E-state index contributed by atoms with van der Waals surface area (Å²) in [6, 6.07) is 0.312. The molecule has 0 radical (unpaired) electrons. The molecule has 1 saturated carbocycles. The van der Waals surface area contributed by atoms with Gasteiger partial charge >= 0.3 is 6.09 Å². The quantitative estimate of drug-likeness (QED) is 0.652. The molecule has 3 nitrogen and oxygen atoms in total. The fourth-order valence-corrected chi connectivity index (χ4v) is 1.69. The van der Waals surface area contributed by atoms with Crippen LogP contribution < -0.4 is 5.32 Å². The molecule has 0 unspecified atom stereocenters. The van der Waals surface area contributed by atoms with Crippen molar-refractivity contribution in [3.63, 3.8) is 0 Å². The molecule has 1 N–H and O–H groups in total. The van der Waals surface area contributed by atoms with E-state index in [1.807, 2.05) is 0 Å². The van der Waals surface area contributed by atoms with Crippen LogP contribution in [-0.2, 0) is 4.74 Å². The van der Waals surface area contributed by atoms with Gasteiger partial charge in [-0.1, -0.05) is 6.92 Å². The van der Waals surface area contributed by atoms with Crippen molar-refractivity contribution in [1.29, 1.82) is 0 Å². The molecule has 0 aromatic heterocycles. The molecule has 0 spiro atoms. The van der Waals surface area contributed by atoms with Crippen LogP contribution in [0.5, 0.6) is 0 Å². The van der Waals surface area contributed by atoms with Crippen LogP contribution in [0.3, 0.4) is 0 Å². The van der Waals surface area contributed by atoms with Gasteiger partial charge in [0, 0.05) is 0 Å². The predicted octanol–water partition coefficient (Wildman–Crippen LogP) is 1.28. The minimum atomic E-state index is -0.228. The molecule has 0 bridgehead atoms. The summed E-state index contributed by atoms with van der Waals surface area (Å²) < 4.78 is 5.07. The zero-order valence-electron chi connectivity index (χ0n) is 6.67. The molecule has 2 aliphatic rings. The van der Waals surface area contributed by atoms with Crippen LogP contribution in [0.25, 0.3) is 0 Å². The lowest BCUT2D eigenvalue weighted by Gasteiger charge is -2.13. The molecular weight excluding hydrogens is 142 g/mol. The Bertz CT molecular complexity index is 177. The SMILES string of the molecule is CC[C@@H]1OC(=O)N[C@@H]1C1CC1. The van der Waals surface area contributed by atoms with Gasteiger partial charge in [0.2, 0.25) is 0 Å². The summed E-state index contributed by atoms with van der Waals surface area (Å²) in [4.78, 5) is 10.8. The molecule has 2 rings (SSSR count). The molecule has 2 fully saturated rings. The lowest BCUT2D eigenvalue weighted by Crippen LogP contribution is -2.33. The van der Waals surface area contributed by atoms with Crippen LogP contribution in [0.4, 0.5) is 4.79 Å². The standard InChI is InChI=1S/C8H13NO2/c1-2-6-7(5-3-4-5)9-8(10)11-6/h5-7H,2-4H2,1H3,(H,9,10)/t6-,7+/m0/s1. The number of amides is 1. The summed E-state index contributed by atoms with van der Waals surface area (Å²) in [6.07, 6.45) is 3.35. The molecule has 1 heterocycles. The van der Waals surface area contributed by atoms with Crippen molar-refractivity contribution in [1.82, 2.24) is 5.32 Å². The minimum absolute atomic E-state index is 0.134. The Balaban J connectivity index is 2.00. The largest absolute Gasteiger partial charge is 0.444 e. The topological polar surface area (TPSA) is 38.3 Å². The Labute approximate surface area is 66.1 Å². The van der Waals surface area contributed by atoms with E-state index in [4.69, 9.17) is 4.74 Å². The lowest BCUT2D eigenvalue weighted by atomic mass is 10.1. The van der Waals surface area contributed by atoms with E-state index in [1.54, 1.807) is 0 Å².